The van der Waals surface area contributed by atoms with E-state index in [9.17, 15) is 19.5 Å². The summed E-state index contributed by atoms with van der Waals surface area (Å²) in [6.45, 7) is 8.04. The van der Waals surface area contributed by atoms with Gasteiger partial charge in [0.05, 0.1) is 4.75 Å². The summed E-state index contributed by atoms with van der Waals surface area (Å²) in [7, 11) is 0. The fraction of sp³-hybridized carbons (Fsp3) is 0.324. The largest absolute Gasteiger partial charge is 0.480 e. The first-order chi connectivity index (χ1) is 22.4. The summed E-state index contributed by atoms with van der Waals surface area (Å²) in [5.41, 5.74) is 3.40. The fourth-order valence-electron chi connectivity index (χ4n) is 6.72. The van der Waals surface area contributed by atoms with Gasteiger partial charge in [-0.2, -0.15) is 0 Å². The van der Waals surface area contributed by atoms with Crippen molar-refractivity contribution >= 4 is 29.9 Å². The van der Waals surface area contributed by atoms with Crippen molar-refractivity contribution in [3.05, 3.63) is 133 Å². The van der Waals surface area contributed by atoms with Gasteiger partial charge in [-0.3, -0.25) is 4.90 Å². The van der Waals surface area contributed by atoms with Gasteiger partial charge in [-0.1, -0.05) is 116 Å². The molecule has 0 aliphatic carbocycles. The molecule has 9 heteroatoms. The third kappa shape index (κ3) is 7.15. The Hall–Kier alpha value is -4.50. The maximum atomic E-state index is 13.4. The number of carbonyl (C=O) groups excluding carboxylic acids is 2. The van der Waals surface area contributed by atoms with Crippen molar-refractivity contribution in [1.82, 2.24) is 9.80 Å². The standard InChI is InChI=1S/C37H40N2O6S/c1-3-20-44-35(42)38-26-32(24-31(38)22-27-23-33(34(40)41)39(25-27)36(43)45-21-4-2)46-37(28-14-8-5-9-15-28,29-16-10-6-11-17-29)30-18-12-7-13-19-30/h3-19,27,31-33H,1-2,20-26H2,(H,40,41)/t27?,31-,32+,33+/m1/s1. The van der Waals surface area contributed by atoms with E-state index >= 15 is 0 Å². The molecule has 2 saturated heterocycles. The lowest BCUT2D eigenvalue weighted by molar-refractivity contribution is -0.141. The van der Waals surface area contributed by atoms with Crippen molar-refractivity contribution in [3.8, 4) is 0 Å². The van der Waals surface area contributed by atoms with Crippen molar-refractivity contribution in [3.63, 3.8) is 0 Å². The van der Waals surface area contributed by atoms with Crippen molar-refractivity contribution in [2.45, 2.75) is 41.3 Å². The van der Waals surface area contributed by atoms with E-state index in [-0.39, 0.29) is 43.4 Å². The number of rotatable bonds is 12. The zero-order valence-corrected chi connectivity index (χ0v) is 26.6. The molecule has 0 spiro atoms. The van der Waals surface area contributed by atoms with E-state index in [2.05, 4.69) is 86.0 Å². The number of ether oxygens (including phenoxy) is 2. The number of aliphatic carboxylic acids is 1. The van der Waals surface area contributed by atoms with Crippen molar-refractivity contribution < 1.29 is 29.0 Å². The second-order valence-corrected chi connectivity index (χ2v) is 13.2. The first kappa shape index (κ1) is 32.9. The molecule has 8 nitrogen and oxygen atoms in total. The predicted molar refractivity (Wildman–Crippen MR) is 180 cm³/mol. The number of carbonyl (C=O) groups is 3. The Balaban J connectivity index is 1.46. The molecule has 0 saturated carbocycles. The molecule has 0 aromatic heterocycles. The molecule has 3 aromatic rings. The monoisotopic (exact) mass is 640 g/mol. The van der Waals surface area contributed by atoms with Crippen LogP contribution in [0.1, 0.15) is 36.0 Å². The number of carboxylic acid groups (broad SMARTS) is 1. The number of hydrogen-bond acceptors (Lipinski definition) is 6. The minimum Gasteiger partial charge on any atom is -0.480 e. The van der Waals surface area contributed by atoms with Gasteiger partial charge in [0, 0.05) is 24.4 Å². The van der Waals surface area contributed by atoms with E-state index in [0.29, 0.717) is 19.4 Å². The SMILES string of the molecule is C=CCOC(=O)N1C[C@@H](SC(c2ccccc2)(c2ccccc2)c2ccccc2)C[C@H]1CC1C[C@@H](C(=O)O)N(C(=O)OCC=C)C1. The van der Waals surface area contributed by atoms with E-state index in [4.69, 9.17) is 9.47 Å². The molecule has 2 aliphatic heterocycles. The van der Waals surface area contributed by atoms with E-state index in [1.807, 2.05) is 30.0 Å². The van der Waals surface area contributed by atoms with Crippen molar-refractivity contribution in [2.75, 3.05) is 26.3 Å². The molecule has 2 heterocycles. The minimum atomic E-state index is -1.07. The maximum Gasteiger partial charge on any atom is 0.410 e. The normalized spacial score (nSPS) is 21.0. The lowest BCUT2D eigenvalue weighted by Crippen LogP contribution is -2.41. The zero-order valence-electron chi connectivity index (χ0n) is 25.8. The van der Waals surface area contributed by atoms with Gasteiger partial charge in [0.2, 0.25) is 0 Å². The molecule has 1 unspecified atom stereocenters. The smallest absolute Gasteiger partial charge is 0.410 e. The van der Waals surface area contributed by atoms with Gasteiger partial charge in [-0.05, 0) is 41.9 Å². The summed E-state index contributed by atoms with van der Waals surface area (Å²) in [5, 5.41) is 9.92. The van der Waals surface area contributed by atoms with Gasteiger partial charge >= 0.3 is 18.2 Å². The molecule has 240 valence electrons. The number of likely N-dealkylation sites (tertiary alicyclic amines) is 2. The molecule has 46 heavy (non-hydrogen) atoms. The Morgan fingerprint density at radius 1 is 0.761 bits per heavy atom. The van der Waals surface area contributed by atoms with Gasteiger partial charge in [-0.15, -0.1) is 11.8 Å². The van der Waals surface area contributed by atoms with Crippen LogP contribution in [0.3, 0.4) is 0 Å². The van der Waals surface area contributed by atoms with Crippen molar-refractivity contribution in [2.24, 2.45) is 5.92 Å². The minimum absolute atomic E-state index is 0.00276. The highest BCUT2D eigenvalue weighted by atomic mass is 32.2. The first-order valence-electron chi connectivity index (χ1n) is 15.5. The van der Waals surface area contributed by atoms with Crippen LogP contribution in [0, 0.1) is 5.92 Å². The van der Waals surface area contributed by atoms with E-state index in [1.54, 1.807) is 11.0 Å². The molecule has 0 bridgehead atoms. The Morgan fingerprint density at radius 2 is 1.24 bits per heavy atom. The van der Waals surface area contributed by atoms with Crippen LogP contribution in [0.4, 0.5) is 9.59 Å². The van der Waals surface area contributed by atoms with Crippen LogP contribution in [0.2, 0.25) is 0 Å². The van der Waals surface area contributed by atoms with Gasteiger partial charge in [0.1, 0.15) is 19.3 Å². The second-order valence-electron chi connectivity index (χ2n) is 11.6. The zero-order chi connectivity index (χ0) is 32.5. The molecule has 5 rings (SSSR count). The first-order valence-corrected chi connectivity index (χ1v) is 16.4. The summed E-state index contributed by atoms with van der Waals surface area (Å²) >= 11 is 1.83. The van der Waals surface area contributed by atoms with Gasteiger partial charge < -0.3 is 19.5 Å². The summed E-state index contributed by atoms with van der Waals surface area (Å²) in [6, 6.07) is 30.1. The number of carboxylic acids is 1. The number of amides is 2. The highest BCUT2D eigenvalue weighted by Crippen LogP contribution is 2.52. The summed E-state index contributed by atoms with van der Waals surface area (Å²) in [5.74, 6) is -1.21. The predicted octanol–water partition coefficient (Wildman–Crippen LogP) is 6.97. The van der Waals surface area contributed by atoms with E-state index in [0.717, 1.165) is 16.7 Å². The Morgan fingerprint density at radius 3 is 1.70 bits per heavy atom. The highest BCUT2D eigenvalue weighted by Gasteiger charge is 2.47. The average Bonchev–Trinajstić information content (AvgIpc) is 3.70. The highest BCUT2D eigenvalue weighted by molar-refractivity contribution is 8.01. The number of hydrogen-bond donors (Lipinski definition) is 1. The summed E-state index contributed by atoms with van der Waals surface area (Å²) < 4.78 is 10.2. The average molecular weight is 641 g/mol. The Kier molecular flexibility index (Phi) is 10.9. The van der Waals surface area contributed by atoms with Gasteiger partial charge in [0.25, 0.3) is 0 Å². The van der Waals surface area contributed by atoms with E-state index < -0.39 is 28.9 Å². The lowest BCUT2D eigenvalue weighted by Gasteiger charge is -2.37. The molecular weight excluding hydrogens is 600 g/mol. The summed E-state index contributed by atoms with van der Waals surface area (Å²) in [6.07, 6.45) is 3.39. The van der Waals surface area contributed by atoms with Crippen LogP contribution in [-0.4, -0.2) is 76.7 Å². The van der Waals surface area contributed by atoms with Gasteiger partial charge in [0.15, 0.2) is 0 Å². The molecule has 2 amide bonds. The van der Waals surface area contributed by atoms with Crippen LogP contribution in [0.5, 0.6) is 0 Å². The third-order valence-electron chi connectivity index (χ3n) is 8.66. The molecule has 2 fully saturated rings. The molecule has 0 radical (unpaired) electrons. The van der Waals surface area contributed by atoms with Crippen LogP contribution in [-0.2, 0) is 19.0 Å². The number of benzene rings is 3. The summed E-state index contributed by atoms with van der Waals surface area (Å²) in [4.78, 5) is 41.3. The molecule has 3 aromatic carbocycles. The van der Waals surface area contributed by atoms with E-state index in [1.165, 1.54) is 11.0 Å². The second kappa shape index (κ2) is 15.2. The van der Waals surface area contributed by atoms with Crippen molar-refractivity contribution in [1.29, 1.82) is 0 Å². The number of thioether (sulfide) groups is 1. The van der Waals surface area contributed by atoms with Gasteiger partial charge in [-0.25, -0.2) is 14.4 Å². The topological polar surface area (TPSA) is 96.4 Å². The molecule has 2 aliphatic rings. The fourth-order valence-corrected chi connectivity index (χ4v) is 8.59. The Labute approximate surface area is 274 Å². The Bertz CT molecular complexity index is 1410. The van der Waals surface area contributed by atoms with Crippen LogP contribution < -0.4 is 0 Å². The molecule has 4 atom stereocenters. The maximum absolute atomic E-state index is 13.4. The number of nitrogens with zero attached hydrogens (tertiary/aromatic N) is 2. The quantitative estimate of drug-likeness (QED) is 0.169. The molecule has 1 N–H and O–H groups in total. The van der Waals surface area contributed by atoms with Crippen LogP contribution in [0.25, 0.3) is 0 Å². The lowest BCUT2D eigenvalue weighted by atomic mass is 9.84. The van der Waals surface area contributed by atoms with Crippen LogP contribution >= 0.6 is 11.8 Å². The third-order valence-corrected chi connectivity index (χ3v) is 10.4. The van der Waals surface area contributed by atoms with Crippen LogP contribution in [0.15, 0.2) is 116 Å². The molecular formula is C37H40N2O6S.